The zero-order valence-electron chi connectivity index (χ0n) is 11.0. The second-order valence-corrected chi connectivity index (χ2v) is 6.80. The summed E-state index contributed by atoms with van der Waals surface area (Å²) in [6.07, 6.45) is 0. The largest absolute Gasteiger partial charge is 0.403 e. The summed E-state index contributed by atoms with van der Waals surface area (Å²) in [7, 11) is 0. The Hall–Kier alpha value is -1.99. The second kappa shape index (κ2) is 5.79. The van der Waals surface area contributed by atoms with E-state index in [4.69, 9.17) is 4.42 Å². The third-order valence-corrected chi connectivity index (χ3v) is 4.33. The molecule has 0 spiro atoms. The molecular formula is C14H10BrN3O2S. The summed E-state index contributed by atoms with van der Waals surface area (Å²) in [5, 5.41) is 10.4. The normalized spacial score (nSPS) is 10.6. The van der Waals surface area contributed by atoms with E-state index in [1.165, 1.54) is 11.3 Å². The van der Waals surface area contributed by atoms with Gasteiger partial charge in [0.05, 0.1) is 8.66 Å². The van der Waals surface area contributed by atoms with Gasteiger partial charge in [-0.25, -0.2) is 0 Å². The molecule has 0 saturated heterocycles. The fourth-order valence-electron chi connectivity index (χ4n) is 1.76. The lowest BCUT2D eigenvalue weighted by atomic mass is 10.1. The van der Waals surface area contributed by atoms with E-state index in [9.17, 15) is 4.79 Å². The van der Waals surface area contributed by atoms with E-state index < -0.39 is 0 Å². The van der Waals surface area contributed by atoms with Crippen molar-refractivity contribution >= 4 is 39.2 Å². The molecule has 0 aliphatic heterocycles. The summed E-state index contributed by atoms with van der Waals surface area (Å²) in [6.45, 7) is 1.98. The number of nitrogens with one attached hydrogen (secondary N) is 1. The van der Waals surface area contributed by atoms with Gasteiger partial charge in [-0.1, -0.05) is 22.8 Å². The number of carbonyl (C=O) groups is 1. The summed E-state index contributed by atoms with van der Waals surface area (Å²) < 4.78 is 6.35. The molecule has 1 N–H and O–H groups in total. The number of amides is 1. The fraction of sp³-hybridized carbons (Fsp3) is 0.0714. The van der Waals surface area contributed by atoms with Gasteiger partial charge in [-0.15, -0.1) is 16.4 Å². The van der Waals surface area contributed by atoms with Crippen molar-refractivity contribution in [1.29, 1.82) is 0 Å². The summed E-state index contributed by atoms with van der Waals surface area (Å²) >= 11 is 4.65. The number of halogens is 1. The molecule has 7 heteroatoms. The molecule has 0 unspecified atom stereocenters. The Morgan fingerprint density at radius 2 is 2.14 bits per heavy atom. The minimum Gasteiger partial charge on any atom is -0.403 e. The van der Waals surface area contributed by atoms with Crippen LogP contribution in [0.25, 0.3) is 11.5 Å². The van der Waals surface area contributed by atoms with Crippen LogP contribution in [-0.2, 0) is 0 Å². The van der Waals surface area contributed by atoms with Crippen LogP contribution >= 0.6 is 27.3 Å². The molecule has 21 heavy (non-hydrogen) atoms. The van der Waals surface area contributed by atoms with E-state index in [0.717, 1.165) is 14.9 Å². The highest BCUT2D eigenvalue weighted by atomic mass is 79.9. The number of hydrogen-bond donors (Lipinski definition) is 1. The highest BCUT2D eigenvalue weighted by molar-refractivity contribution is 9.11. The number of aromatic nitrogens is 2. The molecule has 0 saturated carbocycles. The molecule has 0 aliphatic rings. The van der Waals surface area contributed by atoms with Gasteiger partial charge in [-0.2, -0.15) is 0 Å². The van der Waals surface area contributed by atoms with Crippen molar-refractivity contribution < 1.29 is 9.21 Å². The van der Waals surface area contributed by atoms with Crippen LogP contribution in [0.1, 0.15) is 15.2 Å². The van der Waals surface area contributed by atoms with Crippen LogP contribution in [0.5, 0.6) is 0 Å². The van der Waals surface area contributed by atoms with Gasteiger partial charge in [0.15, 0.2) is 0 Å². The standard InChI is InChI=1S/C14H10BrN3O2S/c1-8-3-2-4-9(7-8)13-17-18-14(20-13)16-12(19)10-5-6-11(15)21-10/h2-7H,1H3,(H,16,18,19). The minimum atomic E-state index is -0.273. The highest BCUT2D eigenvalue weighted by Gasteiger charge is 2.14. The van der Waals surface area contributed by atoms with E-state index in [1.54, 1.807) is 6.07 Å². The third kappa shape index (κ3) is 3.20. The molecule has 3 rings (SSSR count). The predicted molar refractivity (Wildman–Crippen MR) is 84.4 cm³/mol. The summed E-state index contributed by atoms with van der Waals surface area (Å²) in [5.41, 5.74) is 1.92. The molecular weight excluding hydrogens is 354 g/mol. The molecule has 0 radical (unpaired) electrons. The van der Waals surface area contributed by atoms with Crippen LogP contribution in [0.2, 0.25) is 0 Å². The number of benzene rings is 1. The van der Waals surface area contributed by atoms with Crippen LogP contribution in [0.15, 0.2) is 44.6 Å². The van der Waals surface area contributed by atoms with Crippen LogP contribution < -0.4 is 5.32 Å². The summed E-state index contributed by atoms with van der Waals surface area (Å²) in [5.74, 6) is 0.103. The number of thiophene rings is 1. The number of hydrogen-bond acceptors (Lipinski definition) is 5. The zero-order valence-corrected chi connectivity index (χ0v) is 13.4. The van der Waals surface area contributed by atoms with Crippen molar-refractivity contribution in [3.63, 3.8) is 0 Å². The number of aryl methyl sites for hydroxylation is 1. The van der Waals surface area contributed by atoms with Crippen LogP contribution in [0.4, 0.5) is 6.01 Å². The SMILES string of the molecule is Cc1cccc(-c2nnc(NC(=O)c3ccc(Br)s3)o2)c1. The molecule has 1 amide bonds. The Balaban J connectivity index is 1.78. The molecule has 5 nitrogen and oxygen atoms in total. The molecule has 1 aromatic carbocycles. The first-order valence-corrected chi connectivity index (χ1v) is 7.70. The quantitative estimate of drug-likeness (QED) is 0.759. The Morgan fingerprint density at radius 1 is 1.29 bits per heavy atom. The predicted octanol–water partition coefficient (Wildman–Crippen LogP) is 4.12. The van der Waals surface area contributed by atoms with Gasteiger partial charge in [0.2, 0.25) is 5.89 Å². The molecule has 2 aromatic heterocycles. The van der Waals surface area contributed by atoms with Gasteiger partial charge in [-0.05, 0) is 47.1 Å². The van der Waals surface area contributed by atoms with Crippen molar-refractivity contribution in [2.24, 2.45) is 0 Å². The van der Waals surface area contributed by atoms with E-state index in [2.05, 4.69) is 31.4 Å². The molecule has 0 aliphatic carbocycles. The average Bonchev–Trinajstić information content (AvgIpc) is 3.08. The van der Waals surface area contributed by atoms with Crippen molar-refractivity contribution in [3.8, 4) is 11.5 Å². The Morgan fingerprint density at radius 3 is 2.86 bits per heavy atom. The Kier molecular flexibility index (Phi) is 3.85. The topological polar surface area (TPSA) is 68.0 Å². The van der Waals surface area contributed by atoms with Crippen molar-refractivity contribution in [2.45, 2.75) is 6.92 Å². The second-order valence-electron chi connectivity index (χ2n) is 4.34. The average molecular weight is 364 g/mol. The molecule has 0 atom stereocenters. The molecule has 3 aromatic rings. The minimum absolute atomic E-state index is 0.0843. The molecule has 2 heterocycles. The zero-order chi connectivity index (χ0) is 14.8. The van der Waals surface area contributed by atoms with E-state index in [1.807, 2.05) is 37.3 Å². The summed E-state index contributed by atoms with van der Waals surface area (Å²) in [4.78, 5) is 12.5. The number of carbonyl (C=O) groups excluding carboxylic acids is 1. The first-order chi connectivity index (χ1) is 10.1. The monoisotopic (exact) mass is 363 g/mol. The summed E-state index contributed by atoms with van der Waals surface area (Å²) in [6, 6.07) is 11.3. The van der Waals surface area contributed by atoms with Gasteiger partial charge in [0.1, 0.15) is 0 Å². The fourth-order valence-corrected chi connectivity index (χ4v) is 3.04. The highest BCUT2D eigenvalue weighted by Crippen LogP contribution is 2.24. The lowest BCUT2D eigenvalue weighted by Gasteiger charge is -1.97. The van der Waals surface area contributed by atoms with Crippen LogP contribution in [0.3, 0.4) is 0 Å². The number of rotatable bonds is 3. The first kappa shape index (κ1) is 14.0. The molecule has 0 fully saturated rings. The number of anilines is 1. The smallest absolute Gasteiger partial charge is 0.322 e. The van der Waals surface area contributed by atoms with E-state index >= 15 is 0 Å². The van der Waals surface area contributed by atoms with Crippen molar-refractivity contribution in [2.75, 3.05) is 5.32 Å². The Labute approximate surface area is 133 Å². The van der Waals surface area contributed by atoms with Crippen molar-refractivity contribution in [3.05, 3.63) is 50.6 Å². The Bertz CT molecular complexity index is 797. The van der Waals surface area contributed by atoms with Gasteiger partial charge in [-0.3, -0.25) is 10.1 Å². The molecule has 106 valence electrons. The van der Waals surface area contributed by atoms with Crippen LogP contribution in [0, 0.1) is 6.92 Å². The maximum atomic E-state index is 12.0. The van der Waals surface area contributed by atoms with Crippen LogP contribution in [-0.4, -0.2) is 16.1 Å². The maximum absolute atomic E-state index is 12.0. The third-order valence-electron chi connectivity index (χ3n) is 2.71. The van der Waals surface area contributed by atoms with Gasteiger partial charge in [0, 0.05) is 5.56 Å². The van der Waals surface area contributed by atoms with Gasteiger partial charge in [0.25, 0.3) is 5.91 Å². The first-order valence-electron chi connectivity index (χ1n) is 6.09. The number of nitrogens with zero attached hydrogens (tertiary/aromatic N) is 2. The molecule has 0 bridgehead atoms. The van der Waals surface area contributed by atoms with E-state index in [0.29, 0.717) is 10.8 Å². The van der Waals surface area contributed by atoms with Crippen molar-refractivity contribution in [1.82, 2.24) is 10.2 Å². The maximum Gasteiger partial charge on any atom is 0.322 e. The van der Waals surface area contributed by atoms with Gasteiger partial charge >= 0.3 is 6.01 Å². The van der Waals surface area contributed by atoms with E-state index in [-0.39, 0.29) is 11.9 Å². The van der Waals surface area contributed by atoms with Gasteiger partial charge < -0.3 is 4.42 Å². The lowest BCUT2D eigenvalue weighted by Crippen LogP contribution is -2.10. The lowest BCUT2D eigenvalue weighted by molar-refractivity contribution is 0.102.